The van der Waals surface area contributed by atoms with Crippen molar-refractivity contribution in [2.75, 3.05) is 5.32 Å². The van der Waals surface area contributed by atoms with Crippen molar-refractivity contribution in [1.29, 1.82) is 5.26 Å². The van der Waals surface area contributed by atoms with Gasteiger partial charge in [0.2, 0.25) is 0 Å². The summed E-state index contributed by atoms with van der Waals surface area (Å²) in [5.74, 6) is -0.520. The third-order valence-corrected chi connectivity index (χ3v) is 2.42. The van der Waals surface area contributed by atoms with Gasteiger partial charge < -0.3 is 15.7 Å². The number of anilines is 1. The fourth-order valence-electron chi connectivity index (χ4n) is 1.33. The standard InChI is InChI=1S/C14H16ClN3O2/c1-14(2,3)18-13(20)9(7-16)8-17-11-6-10(15)4-5-12(11)19/h4-6,8,17,19H,1-3H3,(H,18,20)/b9-8-. The second-order valence-electron chi connectivity index (χ2n) is 5.18. The number of halogens is 1. The van der Waals surface area contributed by atoms with Gasteiger partial charge in [0.15, 0.2) is 0 Å². The minimum absolute atomic E-state index is 0.0285. The lowest BCUT2D eigenvalue weighted by atomic mass is 10.1. The summed E-state index contributed by atoms with van der Waals surface area (Å²) < 4.78 is 0. The third-order valence-electron chi connectivity index (χ3n) is 2.18. The predicted octanol–water partition coefficient (Wildman–Crippen LogP) is 2.78. The van der Waals surface area contributed by atoms with Crippen molar-refractivity contribution in [3.05, 3.63) is 35.0 Å². The van der Waals surface area contributed by atoms with Crippen LogP contribution in [-0.4, -0.2) is 16.6 Å². The zero-order chi connectivity index (χ0) is 15.3. The predicted molar refractivity (Wildman–Crippen MR) is 78.3 cm³/mol. The van der Waals surface area contributed by atoms with Gasteiger partial charge in [-0.15, -0.1) is 0 Å². The molecule has 0 fully saturated rings. The van der Waals surface area contributed by atoms with Crippen molar-refractivity contribution in [3.63, 3.8) is 0 Å². The summed E-state index contributed by atoms with van der Waals surface area (Å²) in [6.45, 7) is 5.45. The maximum Gasteiger partial charge on any atom is 0.263 e. The number of nitriles is 1. The topological polar surface area (TPSA) is 85.2 Å². The summed E-state index contributed by atoms with van der Waals surface area (Å²) in [7, 11) is 0. The van der Waals surface area contributed by atoms with Crippen LogP contribution >= 0.6 is 11.6 Å². The maximum atomic E-state index is 11.8. The number of phenols is 1. The summed E-state index contributed by atoms with van der Waals surface area (Å²) in [6, 6.07) is 6.24. The number of rotatable bonds is 3. The molecule has 0 heterocycles. The Bertz CT molecular complexity index is 583. The zero-order valence-electron chi connectivity index (χ0n) is 11.5. The number of aromatic hydroxyl groups is 1. The van der Waals surface area contributed by atoms with E-state index in [0.29, 0.717) is 10.7 Å². The van der Waals surface area contributed by atoms with E-state index in [-0.39, 0.29) is 11.3 Å². The van der Waals surface area contributed by atoms with E-state index in [1.165, 1.54) is 24.4 Å². The van der Waals surface area contributed by atoms with E-state index in [1.807, 2.05) is 20.8 Å². The maximum absolute atomic E-state index is 11.8. The molecule has 1 amide bonds. The van der Waals surface area contributed by atoms with Crippen LogP contribution in [-0.2, 0) is 4.79 Å². The number of benzene rings is 1. The highest BCUT2D eigenvalue weighted by Gasteiger charge is 2.17. The highest BCUT2D eigenvalue weighted by Crippen LogP contribution is 2.26. The Labute approximate surface area is 122 Å². The molecule has 0 bridgehead atoms. The molecule has 0 spiro atoms. The summed E-state index contributed by atoms with van der Waals surface area (Å²) >= 11 is 5.80. The molecule has 3 N–H and O–H groups in total. The fraction of sp³-hybridized carbons (Fsp3) is 0.286. The molecule has 0 aliphatic heterocycles. The van der Waals surface area contributed by atoms with E-state index in [2.05, 4.69) is 10.6 Å². The average molecular weight is 294 g/mol. The van der Waals surface area contributed by atoms with Crippen LogP contribution in [0.2, 0.25) is 5.02 Å². The van der Waals surface area contributed by atoms with E-state index in [4.69, 9.17) is 16.9 Å². The Morgan fingerprint density at radius 3 is 2.65 bits per heavy atom. The van der Waals surface area contributed by atoms with Crippen molar-refractivity contribution in [3.8, 4) is 11.8 Å². The highest BCUT2D eigenvalue weighted by atomic mass is 35.5. The lowest BCUT2D eigenvalue weighted by Gasteiger charge is -2.20. The van der Waals surface area contributed by atoms with E-state index in [9.17, 15) is 9.90 Å². The SMILES string of the molecule is CC(C)(C)NC(=O)/C(C#N)=C\Nc1cc(Cl)ccc1O. The highest BCUT2D eigenvalue weighted by molar-refractivity contribution is 6.30. The monoisotopic (exact) mass is 293 g/mol. The smallest absolute Gasteiger partial charge is 0.263 e. The van der Waals surface area contributed by atoms with Gasteiger partial charge in [0.1, 0.15) is 17.4 Å². The van der Waals surface area contributed by atoms with Gasteiger partial charge in [0, 0.05) is 16.8 Å². The molecule has 0 saturated heterocycles. The van der Waals surface area contributed by atoms with Gasteiger partial charge in [-0.3, -0.25) is 4.79 Å². The van der Waals surface area contributed by atoms with Crippen molar-refractivity contribution in [2.24, 2.45) is 0 Å². The normalized spacial score (nSPS) is 11.7. The quantitative estimate of drug-likeness (QED) is 0.454. The Kier molecular flexibility index (Phi) is 5.00. The third kappa shape index (κ3) is 4.82. The van der Waals surface area contributed by atoms with Crippen LogP contribution in [0.15, 0.2) is 30.0 Å². The summed E-state index contributed by atoms with van der Waals surface area (Å²) in [5.41, 5.74) is -0.223. The van der Waals surface area contributed by atoms with Crippen LogP contribution in [0.4, 0.5) is 5.69 Å². The molecule has 106 valence electrons. The molecule has 0 atom stereocenters. The number of nitrogens with one attached hydrogen (secondary N) is 2. The average Bonchev–Trinajstić information content (AvgIpc) is 2.32. The molecule has 1 aromatic carbocycles. The molecule has 0 aliphatic carbocycles. The number of phenolic OH excluding ortho intramolecular Hbond substituents is 1. The molecule has 5 nitrogen and oxygen atoms in total. The summed E-state index contributed by atoms with van der Waals surface area (Å²) in [5, 5.41) is 24.4. The number of amides is 1. The molecule has 0 unspecified atom stereocenters. The summed E-state index contributed by atoms with van der Waals surface area (Å²) in [6.07, 6.45) is 1.23. The van der Waals surface area contributed by atoms with Crippen LogP contribution in [0.3, 0.4) is 0 Å². The number of hydrogen-bond acceptors (Lipinski definition) is 4. The van der Waals surface area contributed by atoms with Crippen LogP contribution in [0.1, 0.15) is 20.8 Å². The lowest BCUT2D eigenvalue weighted by Crippen LogP contribution is -2.41. The minimum Gasteiger partial charge on any atom is -0.506 e. The van der Waals surface area contributed by atoms with E-state index in [0.717, 1.165) is 0 Å². The van der Waals surface area contributed by atoms with Crippen LogP contribution in [0.25, 0.3) is 0 Å². The van der Waals surface area contributed by atoms with E-state index < -0.39 is 11.4 Å². The molecule has 0 saturated carbocycles. The molecule has 0 radical (unpaired) electrons. The van der Waals surface area contributed by atoms with Gasteiger partial charge in [-0.05, 0) is 39.0 Å². The molecule has 1 aromatic rings. The molecular weight excluding hydrogens is 278 g/mol. The van der Waals surface area contributed by atoms with Gasteiger partial charge in [0.25, 0.3) is 5.91 Å². The second-order valence-corrected chi connectivity index (χ2v) is 5.62. The molecule has 0 aromatic heterocycles. The van der Waals surface area contributed by atoms with Crippen LogP contribution in [0, 0.1) is 11.3 Å². The van der Waals surface area contributed by atoms with Gasteiger partial charge in [0.05, 0.1) is 5.69 Å². The number of hydrogen-bond donors (Lipinski definition) is 3. The Morgan fingerprint density at radius 1 is 1.45 bits per heavy atom. The Hall–Kier alpha value is -2.19. The van der Waals surface area contributed by atoms with Crippen molar-refractivity contribution < 1.29 is 9.90 Å². The first-order valence-electron chi connectivity index (χ1n) is 5.91. The largest absolute Gasteiger partial charge is 0.506 e. The molecule has 6 heteroatoms. The minimum atomic E-state index is -0.492. The Morgan fingerprint density at radius 2 is 2.10 bits per heavy atom. The molecule has 0 aliphatic rings. The van der Waals surface area contributed by atoms with E-state index >= 15 is 0 Å². The first-order valence-corrected chi connectivity index (χ1v) is 6.28. The van der Waals surface area contributed by atoms with Gasteiger partial charge in [-0.25, -0.2) is 0 Å². The number of nitrogens with zero attached hydrogens (tertiary/aromatic N) is 1. The first kappa shape index (κ1) is 15.9. The molecule has 1 rings (SSSR count). The first-order chi connectivity index (χ1) is 9.23. The van der Waals surface area contributed by atoms with E-state index in [1.54, 1.807) is 6.07 Å². The van der Waals surface area contributed by atoms with Crippen molar-refractivity contribution in [2.45, 2.75) is 26.3 Å². The van der Waals surface area contributed by atoms with Crippen LogP contribution in [0.5, 0.6) is 5.75 Å². The summed E-state index contributed by atoms with van der Waals surface area (Å²) in [4.78, 5) is 11.8. The number of carbonyl (C=O) groups excluding carboxylic acids is 1. The van der Waals surface area contributed by atoms with Gasteiger partial charge >= 0.3 is 0 Å². The second kappa shape index (κ2) is 6.31. The van der Waals surface area contributed by atoms with Gasteiger partial charge in [-0.2, -0.15) is 5.26 Å². The fourth-order valence-corrected chi connectivity index (χ4v) is 1.50. The van der Waals surface area contributed by atoms with Crippen molar-refractivity contribution >= 4 is 23.2 Å². The molecular formula is C14H16ClN3O2. The Balaban J connectivity index is 2.89. The lowest BCUT2D eigenvalue weighted by molar-refractivity contribution is -0.118. The molecule has 20 heavy (non-hydrogen) atoms. The van der Waals surface area contributed by atoms with Gasteiger partial charge in [-0.1, -0.05) is 11.6 Å². The number of carbonyl (C=O) groups is 1. The van der Waals surface area contributed by atoms with Crippen LogP contribution < -0.4 is 10.6 Å². The van der Waals surface area contributed by atoms with Crippen molar-refractivity contribution in [1.82, 2.24) is 5.32 Å². The zero-order valence-corrected chi connectivity index (χ0v) is 12.2.